The zero-order chi connectivity index (χ0) is 18.1. The molecule has 3 heterocycles. The number of fused-ring (bicyclic) bond motifs is 1. The van der Waals surface area contributed by atoms with Crippen LogP contribution < -0.4 is 5.32 Å². The van der Waals surface area contributed by atoms with Gasteiger partial charge in [-0.25, -0.2) is 0 Å². The number of pyridine rings is 1. The Morgan fingerprint density at radius 2 is 1.81 bits per heavy atom. The molecule has 1 aromatic carbocycles. The van der Waals surface area contributed by atoms with E-state index < -0.39 is 11.7 Å². The van der Waals surface area contributed by atoms with E-state index in [0.717, 1.165) is 21.5 Å². The second-order valence-corrected chi connectivity index (χ2v) is 6.98. The van der Waals surface area contributed by atoms with Gasteiger partial charge in [0.1, 0.15) is 5.69 Å². The smallest absolute Gasteiger partial charge is 0.298 e. The largest absolute Gasteiger partial charge is 0.319 e. The first-order chi connectivity index (χ1) is 12.6. The van der Waals surface area contributed by atoms with Crippen molar-refractivity contribution in [1.82, 2.24) is 4.40 Å². The van der Waals surface area contributed by atoms with Crippen molar-refractivity contribution in [2.75, 3.05) is 5.32 Å². The molecule has 0 atom stereocenters. The fraction of sp³-hybridized carbons (Fsp3) is 0.0476. The minimum Gasteiger partial charge on any atom is -0.319 e. The molecule has 0 bridgehead atoms. The molecule has 0 radical (unpaired) electrons. The van der Waals surface area contributed by atoms with Gasteiger partial charge in [0.05, 0.1) is 0 Å². The molecule has 0 aliphatic rings. The molecule has 4 nitrogen and oxygen atoms in total. The number of hydrogen-bond donors (Lipinski definition) is 1. The molecule has 4 aromatic rings. The molecule has 1 N–H and O–H groups in total. The quantitative estimate of drug-likeness (QED) is 0.420. The zero-order valence-corrected chi connectivity index (χ0v) is 14.9. The van der Waals surface area contributed by atoms with Crippen molar-refractivity contribution >= 4 is 34.2 Å². The minimum atomic E-state index is -0.643. The first kappa shape index (κ1) is 16.3. The van der Waals surface area contributed by atoms with Crippen LogP contribution in [0, 0.1) is 6.92 Å². The maximum Gasteiger partial charge on any atom is 0.298 e. The molecular weight excluding hydrogens is 344 g/mol. The lowest BCUT2D eigenvalue weighted by atomic mass is 10.1. The molecule has 3 aromatic heterocycles. The zero-order valence-electron chi connectivity index (χ0n) is 14.1. The molecule has 0 saturated carbocycles. The van der Waals surface area contributed by atoms with E-state index in [1.54, 1.807) is 34.1 Å². The van der Waals surface area contributed by atoms with Crippen LogP contribution in [0.5, 0.6) is 0 Å². The third-order valence-corrected chi connectivity index (χ3v) is 5.10. The number of benzene rings is 1. The highest BCUT2D eigenvalue weighted by molar-refractivity contribution is 7.13. The van der Waals surface area contributed by atoms with Gasteiger partial charge in [-0.2, -0.15) is 0 Å². The fourth-order valence-electron chi connectivity index (χ4n) is 2.91. The van der Waals surface area contributed by atoms with Gasteiger partial charge in [-0.3, -0.25) is 9.59 Å². The Morgan fingerprint density at radius 3 is 2.54 bits per heavy atom. The number of thiophene rings is 1. The van der Waals surface area contributed by atoms with Crippen LogP contribution in [0.2, 0.25) is 0 Å². The van der Waals surface area contributed by atoms with E-state index in [2.05, 4.69) is 5.32 Å². The summed E-state index contributed by atoms with van der Waals surface area (Å²) in [6.07, 6.45) is 1.80. The Bertz CT molecular complexity index is 1090. The summed E-state index contributed by atoms with van der Waals surface area (Å²) >= 11 is 1.54. The highest BCUT2D eigenvalue weighted by Crippen LogP contribution is 2.31. The van der Waals surface area contributed by atoms with Crippen LogP contribution in [0.25, 0.3) is 16.0 Å². The molecule has 0 fully saturated rings. The van der Waals surface area contributed by atoms with Crippen LogP contribution in [-0.2, 0) is 4.79 Å². The number of nitrogens with zero attached hydrogens (tertiary/aromatic N) is 1. The van der Waals surface area contributed by atoms with E-state index in [1.807, 2.05) is 60.8 Å². The Hall–Kier alpha value is -3.18. The normalized spacial score (nSPS) is 10.8. The molecule has 0 saturated heterocycles. The van der Waals surface area contributed by atoms with E-state index in [0.29, 0.717) is 11.4 Å². The van der Waals surface area contributed by atoms with Crippen LogP contribution in [0.4, 0.5) is 5.69 Å². The number of carbonyl (C=O) groups excluding carboxylic acids is 2. The van der Waals surface area contributed by atoms with E-state index in [4.69, 9.17) is 0 Å². The Kier molecular flexibility index (Phi) is 4.14. The first-order valence-corrected chi connectivity index (χ1v) is 9.08. The van der Waals surface area contributed by atoms with Gasteiger partial charge in [-0.05, 0) is 48.7 Å². The van der Waals surface area contributed by atoms with Crippen molar-refractivity contribution in [2.45, 2.75) is 6.92 Å². The SMILES string of the molecule is Cc1ccc(NC(=O)C(=O)c2c(-c3cccs3)cc3ccccn23)cc1. The summed E-state index contributed by atoms with van der Waals surface area (Å²) in [5.74, 6) is -1.20. The van der Waals surface area contributed by atoms with E-state index in [9.17, 15) is 9.59 Å². The average Bonchev–Trinajstić information content (AvgIpc) is 3.30. The molecular formula is C21H16N2O2S. The lowest BCUT2D eigenvalue weighted by Gasteiger charge is -2.07. The standard InChI is InChI=1S/C21H16N2O2S/c1-14-7-9-15(10-8-14)22-21(25)20(24)19-17(18-6-4-12-26-18)13-16-5-2-3-11-23(16)19/h2-13H,1H3,(H,22,25). The number of aromatic nitrogens is 1. The van der Waals surface area contributed by atoms with Crippen molar-refractivity contribution in [3.8, 4) is 10.4 Å². The number of rotatable bonds is 4. The first-order valence-electron chi connectivity index (χ1n) is 8.20. The van der Waals surface area contributed by atoms with Crippen LogP contribution in [0.1, 0.15) is 16.1 Å². The lowest BCUT2D eigenvalue weighted by molar-refractivity contribution is -0.112. The fourth-order valence-corrected chi connectivity index (χ4v) is 3.65. The molecule has 0 unspecified atom stereocenters. The summed E-state index contributed by atoms with van der Waals surface area (Å²) < 4.78 is 1.77. The van der Waals surface area contributed by atoms with E-state index >= 15 is 0 Å². The summed E-state index contributed by atoms with van der Waals surface area (Å²) in [6.45, 7) is 1.97. The van der Waals surface area contributed by atoms with Crippen LogP contribution >= 0.6 is 11.3 Å². The van der Waals surface area contributed by atoms with Crippen molar-refractivity contribution in [2.24, 2.45) is 0 Å². The molecule has 5 heteroatoms. The van der Waals surface area contributed by atoms with Crippen molar-refractivity contribution in [1.29, 1.82) is 0 Å². The monoisotopic (exact) mass is 360 g/mol. The number of nitrogens with one attached hydrogen (secondary N) is 1. The van der Waals surface area contributed by atoms with Crippen LogP contribution in [0.15, 0.2) is 72.2 Å². The number of amides is 1. The second kappa shape index (κ2) is 6.61. The molecule has 0 aliphatic heterocycles. The molecule has 0 aliphatic carbocycles. The van der Waals surface area contributed by atoms with Gasteiger partial charge in [-0.15, -0.1) is 11.3 Å². The summed E-state index contributed by atoms with van der Waals surface area (Å²) in [5, 5.41) is 4.65. The van der Waals surface area contributed by atoms with Gasteiger partial charge in [0.2, 0.25) is 0 Å². The molecule has 1 amide bonds. The number of Topliss-reactive ketones (excluding diaryl/α,β-unsaturated/α-hetero) is 1. The summed E-state index contributed by atoms with van der Waals surface area (Å²) in [7, 11) is 0. The predicted molar refractivity (Wildman–Crippen MR) is 105 cm³/mol. The molecule has 4 rings (SSSR count). The summed E-state index contributed by atoms with van der Waals surface area (Å²) in [5.41, 5.74) is 3.73. The average molecular weight is 360 g/mol. The van der Waals surface area contributed by atoms with Gasteiger partial charge in [-0.1, -0.05) is 29.8 Å². The number of aryl methyl sites for hydroxylation is 1. The maximum absolute atomic E-state index is 13.0. The molecule has 128 valence electrons. The number of hydrogen-bond acceptors (Lipinski definition) is 3. The summed E-state index contributed by atoms with van der Waals surface area (Å²) in [6, 6.07) is 18.9. The highest BCUT2D eigenvalue weighted by atomic mass is 32.1. The lowest BCUT2D eigenvalue weighted by Crippen LogP contribution is -2.24. The van der Waals surface area contributed by atoms with Gasteiger partial charge in [0, 0.05) is 27.8 Å². The van der Waals surface area contributed by atoms with E-state index in [1.165, 1.54) is 0 Å². The highest BCUT2D eigenvalue weighted by Gasteiger charge is 2.25. The van der Waals surface area contributed by atoms with E-state index in [-0.39, 0.29) is 0 Å². The van der Waals surface area contributed by atoms with Gasteiger partial charge >= 0.3 is 0 Å². The van der Waals surface area contributed by atoms with Gasteiger partial charge in [0.15, 0.2) is 0 Å². The topological polar surface area (TPSA) is 50.6 Å². The Morgan fingerprint density at radius 1 is 1.00 bits per heavy atom. The summed E-state index contributed by atoms with van der Waals surface area (Å²) in [4.78, 5) is 26.5. The predicted octanol–water partition coefficient (Wildman–Crippen LogP) is 4.80. The minimum absolute atomic E-state index is 0.382. The number of ketones is 1. The molecule has 26 heavy (non-hydrogen) atoms. The maximum atomic E-state index is 13.0. The Balaban J connectivity index is 1.75. The van der Waals surface area contributed by atoms with Gasteiger partial charge < -0.3 is 9.72 Å². The van der Waals surface area contributed by atoms with Crippen molar-refractivity contribution < 1.29 is 9.59 Å². The number of carbonyl (C=O) groups is 2. The third-order valence-electron chi connectivity index (χ3n) is 4.20. The second-order valence-electron chi connectivity index (χ2n) is 6.03. The third kappa shape index (κ3) is 2.93. The van der Waals surface area contributed by atoms with Crippen molar-refractivity contribution in [3.63, 3.8) is 0 Å². The molecule has 0 spiro atoms. The van der Waals surface area contributed by atoms with Crippen LogP contribution in [0.3, 0.4) is 0 Å². The van der Waals surface area contributed by atoms with Crippen LogP contribution in [-0.4, -0.2) is 16.1 Å². The Labute approximate surface area is 154 Å². The van der Waals surface area contributed by atoms with Gasteiger partial charge in [0.25, 0.3) is 11.7 Å². The van der Waals surface area contributed by atoms with Crippen molar-refractivity contribution in [3.05, 3.63) is 83.5 Å². The number of anilines is 1.